The van der Waals surface area contributed by atoms with E-state index in [-0.39, 0.29) is 17.6 Å². The van der Waals surface area contributed by atoms with Gasteiger partial charge in [0.05, 0.1) is 0 Å². The van der Waals surface area contributed by atoms with Crippen LogP contribution in [0, 0.1) is 23.7 Å². The molecule has 1 amide bonds. The van der Waals surface area contributed by atoms with Crippen molar-refractivity contribution in [3.8, 4) is 12.3 Å². The Morgan fingerprint density at radius 3 is 2.26 bits per heavy atom. The summed E-state index contributed by atoms with van der Waals surface area (Å²) < 4.78 is 5.29. The number of nitrogens with one attached hydrogen (secondary N) is 1. The Balaban J connectivity index is 1.75. The van der Waals surface area contributed by atoms with Crippen LogP contribution in [0.4, 0.5) is 4.79 Å². The molecule has 3 heteroatoms. The predicted octanol–water partition coefficient (Wildman–Crippen LogP) is 3.48. The van der Waals surface area contributed by atoms with Gasteiger partial charge in [0.1, 0.15) is 5.60 Å². The van der Waals surface area contributed by atoms with Gasteiger partial charge >= 0.3 is 6.09 Å². The van der Waals surface area contributed by atoms with E-state index in [1.54, 1.807) is 0 Å². The maximum absolute atomic E-state index is 11.7. The van der Waals surface area contributed by atoms with Crippen LogP contribution in [0.2, 0.25) is 0 Å². The molecule has 2 rings (SSSR count). The molecule has 19 heavy (non-hydrogen) atoms. The van der Waals surface area contributed by atoms with Gasteiger partial charge in [-0.2, -0.15) is 0 Å². The van der Waals surface area contributed by atoms with E-state index in [0.717, 1.165) is 25.7 Å². The van der Waals surface area contributed by atoms with Gasteiger partial charge in [-0.3, -0.25) is 0 Å². The molecule has 0 unspecified atom stereocenters. The Morgan fingerprint density at radius 2 is 1.84 bits per heavy atom. The van der Waals surface area contributed by atoms with E-state index in [1.807, 2.05) is 20.8 Å². The van der Waals surface area contributed by atoms with Crippen molar-refractivity contribution in [1.29, 1.82) is 0 Å². The van der Waals surface area contributed by atoms with Gasteiger partial charge in [0.15, 0.2) is 0 Å². The topological polar surface area (TPSA) is 38.3 Å². The molecule has 0 atom stereocenters. The van der Waals surface area contributed by atoms with Gasteiger partial charge in [0.2, 0.25) is 0 Å². The first kappa shape index (κ1) is 14.2. The Bertz CT molecular complexity index is 377. The zero-order chi connectivity index (χ0) is 14.1. The highest BCUT2D eigenvalue weighted by Crippen LogP contribution is 2.55. The number of ether oxygens (including phenoxy) is 1. The molecule has 0 aliphatic heterocycles. The molecule has 0 spiro atoms. The molecule has 1 N–H and O–H groups in total. The van der Waals surface area contributed by atoms with Crippen molar-refractivity contribution in [2.24, 2.45) is 11.3 Å². The van der Waals surface area contributed by atoms with Crippen LogP contribution < -0.4 is 5.32 Å². The van der Waals surface area contributed by atoms with Gasteiger partial charge in [0, 0.05) is 11.5 Å². The summed E-state index contributed by atoms with van der Waals surface area (Å²) in [6, 6.07) is 0.250. The van der Waals surface area contributed by atoms with Gasteiger partial charge in [-0.05, 0) is 65.2 Å². The fourth-order valence-corrected chi connectivity index (χ4v) is 3.07. The number of carbonyl (C=O) groups excluding carboxylic acids is 1. The third-order valence-electron chi connectivity index (χ3n) is 4.31. The molecule has 0 saturated heterocycles. The van der Waals surface area contributed by atoms with Crippen molar-refractivity contribution in [3.05, 3.63) is 0 Å². The fourth-order valence-electron chi connectivity index (χ4n) is 3.07. The smallest absolute Gasteiger partial charge is 0.407 e. The summed E-state index contributed by atoms with van der Waals surface area (Å²) in [5, 5.41) is 2.97. The lowest BCUT2D eigenvalue weighted by molar-refractivity contribution is 0.0483. The summed E-state index contributed by atoms with van der Waals surface area (Å²) in [7, 11) is 0. The van der Waals surface area contributed by atoms with E-state index in [4.69, 9.17) is 11.2 Å². The second-order valence-electron chi connectivity index (χ2n) is 7.00. The average Bonchev–Trinajstić information content (AvgIpc) is 3.08. The highest BCUT2D eigenvalue weighted by atomic mass is 16.6. The lowest BCUT2D eigenvalue weighted by Gasteiger charge is -2.32. The van der Waals surface area contributed by atoms with E-state index in [9.17, 15) is 4.79 Å². The minimum atomic E-state index is -0.428. The zero-order valence-electron chi connectivity index (χ0n) is 12.3. The lowest BCUT2D eigenvalue weighted by atomic mass is 9.76. The molecule has 0 aromatic rings. The van der Waals surface area contributed by atoms with Crippen molar-refractivity contribution < 1.29 is 9.53 Å². The van der Waals surface area contributed by atoms with Crippen LogP contribution in [0.1, 0.15) is 59.3 Å². The number of amides is 1. The van der Waals surface area contributed by atoms with E-state index in [0.29, 0.717) is 5.92 Å². The first-order valence-corrected chi connectivity index (χ1v) is 7.32. The Hall–Kier alpha value is -1.17. The second-order valence-corrected chi connectivity index (χ2v) is 7.00. The number of rotatable bonds is 2. The van der Waals surface area contributed by atoms with Crippen molar-refractivity contribution in [2.45, 2.75) is 70.9 Å². The van der Waals surface area contributed by atoms with Crippen molar-refractivity contribution in [3.63, 3.8) is 0 Å². The SMILES string of the molecule is C#CC1(C2CCC(NC(=O)OC(C)(C)C)CC2)CC1. The summed E-state index contributed by atoms with van der Waals surface area (Å²) in [4.78, 5) is 11.7. The fraction of sp³-hybridized carbons (Fsp3) is 0.812. The van der Waals surface area contributed by atoms with Crippen LogP contribution in [-0.4, -0.2) is 17.7 Å². The van der Waals surface area contributed by atoms with E-state index in [2.05, 4.69) is 11.2 Å². The second kappa shape index (κ2) is 5.07. The number of alkyl carbamates (subject to hydrolysis) is 1. The number of hydrogen-bond donors (Lipinski definition) is 1. The monoisotopic (exact) mass is 263 g/mol. The Labute approximate surface area is 116 Å². The van der Waals surface area contributed by atoms with Crippen LogP contribution in [0.5, 0.6) is 0 Å². The van der Waals surface area contributed by atoms with Crippen LogP contribution in [-0.2, 0) is 4.74 Å². The number of terminal acetylenes is 1. The van der Waals surface area contributed by atoms with Gasteiger partial charge in [-0.15, -0.1) is 6.42 Å². The minimum absolute atomic E-state index is 0.205. The summed E-state index contributed by atoms with van der Waals surface area (Å²) in [5.74, 6) is 3.66. The molecular formula is C16H25NO2. The predicted molar refractivity (Wildman–Crippen MR) is 75.6 cm³/mol. The molecule has 2 saturated carbocycles. The lowest BCUT2D eigenvalue weighted by Crippen LogP contribution is -2.41. The van der Waals surface area contributed by atoms with E-state index in [1.165, 1.54) is 12.8 Å². The first-order valence-electron chi connectivity index (χ1n) is 7.32. The summed E-state index contributed by atoms with van der Waals surface area (Å²) in [6.45, 7) is 5.65. The first-order chi connectivity index (χ1) is 8.85. The molecule has 2 fully saturated rings. The van der Waals surface area contributed by atoms with Gasteiger partial charge in [-0.25, -0.2) is 4.79 Å². The Kier molecular flexibility index (Phi) is 3.80. The minimum Gasteiger partial charge on any atom is -0.444 e. The molecule has 0 radical (unpaired) electrons. The van der Waals surface area contributed by atoms with Gasteiger partial charge < -0.3 is 10.1 Å². The largest absolute Gasteiger partial charge is 0.444 e. The van der Waals surface area contributed by atoms with Gasteiger partial charge in [-0.1, -0.05) is 5.92 Å². The highest BCUT2D eigenvalue weighted by molar-refractivity contribution is 5.68. The molecule has 0 aromatic heterocycles. The molecule has 106 valence electrons. The average molecular weight is 263 g/mol. The number of hydrogen-bond acceptors (Lipinski definition) is 2. The highest BCUT2D eigenvalue weighted by Gasteiger charge is 2.48. The molecular weight excluding hydrogens is 238 g/mol. The van der Waals surface area contributed by atoms with Crippen LogP contribution in [0.25, 0.3) is 0 Å². The van der Waals surface area contributed by atoms with Crippen LogP contribution in [0.15, 0.2) is 0 Å². The molecule has 3 nitrogen and oxygen atoms in total. The maximum Gasteiger partial charge on any atom is 0.407 e. The van der Waals surface area contributed by atoms with Crippen LogP contribution in [0.3, 0.4) is 0 Å². The number of carbonyl (C=O) groups is 1. The normalized spacial score (nSPS) is 29.2. The van der Waals surface area contributed by atoms with Crippen LogP contribution >= 0.6 is 0 Å². The summed E-state index contributed by atoms with van der Waals surface area (Å²) >= 11 is 0. The third-order valence-corrected chi connectivity index (χ3v) is 4.31. The molecule has 0 bridgehead atoms. The summed E-state index contributed by atoms with van der Waals surface area (Å²) in [6.07, 6.45) is 12.0. The molecule has 2 aliphatic carbocycles. The quantitative estimate of drug-likeness (QED) is 0.775. The third kappa shape index (κ3) is 3.65. The standard InChI is InChI=1S/C16H25NO2/c1-5-16(10-11-16)12-6-8-13(9-7-12)17-14(18)19-15(2,3)4/h1,12-13H,6-11H2,2-4H3,(H,17,18). The Morgan fingerprint density at radius 1 is 1.26 bits per heavy atom. The zero-order valence-corrected chi connectivity index (χ0v) is 12.3. The van der Waals surface area contributed by atoms with Crippen molar-refractivity contribution in [1.82, 2.24) is 5.32 Å². The van der Waals surface area contributed by atoms with E-state index < -0.39 is 5.60 Å². The molecule has 0 heterocycles. The summed E-state index contributed by atoms with van der Waals surface area (Å²) in [5.41, 5.74) is -0.223. The van der Waals surface area contributed by atoms with E-state index >= 15 is 0 Å². The van der Waals surface area contributed by atoms with Gasteiger partial charge in [0.25, 0.3) is 0 Å². The van der Waals surface area contributed by atoms with Crippen molar-refractivity contribution >= 4 is 6.09 Å². The molecule has 0 aromatic carbocycles. The maximum atomic E-state index is 11.7. The molecule has 2 aliphatic rings. The van der Waals surface area contributed by atoms with Crippen molar-refractivity contribution in [2.75, 3.05) is 0 Å².